The fourth-order valence-electron chi connectivity index (χ4n) is 3.59. The fraction of sp³-hybridized carbons (Fsp3) is 0.0417. The van der Waals surface area contributed by atoms with E-state index in [1.165, 1.54) is 4.90 Å². The van der Waals surface area contributed by atoms with Crippen molar-refractivity contribution in [3.63, 3.8) is 0 Å². The van der Waals surface area contributed by atoms with Gasteiger partial charge in [-0.2, -0.15) is 0 Å². The van der Waals surface area contributed by atoms with Crippen molar-refractivity contribution in [3.8, 4) is 11.3 Å². The molecule has 6 nitrogen and oxygen atoms in total. The van der Waals surface area contributed by atoms with Gasteiger partial charge in [-0.15, -0.1) is 0 Å². The second kappa shape index (κ2) is 7.33. The summed E-state index contributed by atoms with van der Waals surface area (Å²) < 4.78 is 6.04. The second-order valence-electron chi connectivity index (χ2n) is 6.97. The highest BCUT2D eigenvalue weighted by Crippen LogP contribution is 2.33. The van der Waals surface area contributed by atoms with Crippen molar-refractivity contribution < 1.29 is 14.3 Å². The third kappa shape index (κ3) is 3.24. The molecule has 0 saturated carbocycles. The SMILES string of the molecule is O=C(O)N(Cc1ccc2cncc(-c3cc4ccccc4o3)c2c1)c1cccnc1. The quantitative estimate of drug-likeness (QED) is 0.420. The first-order valence-corrected chi connectivity index (χ1v) is 9.45. The average Bonchev–Trinajstić information content (AvgIpc) is 3.21. The number of nitrogens with zero attached hydrogens (tertiary/aromatic N) is 3. The zero-order valence-electron chi connectivity index (χ0n) is 15.9. The van der Waals surface area contributed by atoms with Crippen LogP contribution in [-0.2, 0) is 6.54 Å². The van der Waals surface area contributed by atoms with Gasteiger partial charge in [-0.3, -0.25) is 14.9 Å². The molecule has 2 aromatic carbocycles. The third-order valence-corrected chi connectivity index (χ3v) is 5.05. The zero-order chi connectivity index (χ0) is 20.5. The maximum atomic E-state index is 11.8. The van der Waals surface area contributed by atoms with E-state index in [4.69, 9.17) is 4.42 Å². The molecule has 5 aromatic rings. The Hall–Kier alpha value is -4.19. The summed E-state index contributed by atoms with van der Waals surface area (Å²) in [5.74, 6) is 0.730. The molecule has 30 heavy (non-hydrogen) atoms. The maximum absolute atomic E-state index is 11.8. The summed E-state index contributed by atoms with van der Waals surface area (Å²) in [5.41, 5.74) is 3.07. The van der Waals surface area contributed by atoms with E-state index in [1.807, 2.05) is 48.5 Å². The predicted octanol–water partition coefficient (Wildman–Crippen LogP) is 5.73. The van der Waals surface area contributed by atoms with Crippen LogP contribution in [0.25, 0.3) is 33.1 Å². The van der Waals surface area contributed by atoms with Crippen LogP contribution in [0.1, 0.15) is 5.56 Å². The highest BCUT2D eigenvalue weighted by atomic mass is 16.4. The molecule has 0 radical (unpaired) electrons. The van der Waals surface area contributed by atoms with Gasteiger partial charge in [0.2, 0.25) is 0 Å². The van der Waals surface area contributed by atoms with Crippen molar-refractivity contribution in [2.45, 2.75) is 6.54 Å². The molecule has 0 bridgehead atoms. The van der Waals surface area contributed by atoms with Crippen molar-refractivity contribution in [1.29, 1.82) is 0 Å². The summed E-state index contributed by atoms with van der Waals surface area (Å²) in [6, 6.07) is 19.2. The number of amides is 1. The van der Waals surface area contributed by atoms with Crippen LogP contribution in [0.2, 0.25) is 0 Å². The van der Waals surface area contributed by atoms with E-state index in [0.717, 1.165) is 38.6 Å². The van der Waals surface area contributed by atoms with E-state index in [9.17, 15) is 9.90 Å². The number of hydrogen-bond donors (Lipinski definition) is 1. The van der Waals surface area contributed by atoms with E-state index in [1.54, 1.807) is 36.9 Å². The minimum absolute atomic E-state index is 0.207. The van der Waals surface area contributed by atoms with Gasteiger partial charge in [0.25, 0.3) is 0 Å². The van der Waals surface area contributed by atoms with Crippen molar-refractivity contribution in [1.82, 2.24) is 9.97 Å². The van der Waals surface area contributed by atoms with Gasteiger partial charge in [-0.05, 0) is 41.3 Å². The summed E-state index contributed by atoms with van der Waals surface area (Å²) in [6.07, 6.45) is 5.70. The lowest BCUT2D eigenvalue weighted by Gasteiger charge is -2.19. The van der Waals surface area contributed by atoms with Crippen LogP contribution >= 0.6 is 0 Å². The molecule has 0 aliphatic carbocycles. The Bertz CT molecular complexity index is 1330. The first-order chi connectivity index (χ1) is 14.7. The largest absolute Gasteiger partial charge is 0.465 e. The number of benzene rings is 2. The zero-order valence-corrected chi connectivity index (χ0v) is 15.9. The van der Waals surface area contributed by atoms with E-state index < -0.39 is 6.09 Å². The minimum Gasteiger partial charge on any atom is -0.465 e. The molecule has 0 fully saturated rings. The summed E-state index contributed by atoms with van der Waals surface area (Å²) in [6.45, 7) is 0.207. The van der Waals surface area contributed by atoms with Crippen LogP contribution in [0.15, 0.2) is 89.9 Å². The molecule has 3 heterocycles. The summed E-state index contributed by atoms with van der Waals surface area (Å²) in [5, 5.41) is 12.6. The minimum atomic E-state index is -1.03. The first-order valence-electron chi connectivity index (χ1n) is 9.45. The maximum Gasteiger partial charge on any atom is 0.412 e. The molecular formula is C24H17N3O3. The number of fused-ring (bicyclic) bond motifs is 2. The molecule has 0 saturated heterocycles. The average molecular weight is 395 g/mol. The van der Waals surface area contributed by atoms with Gasteiger partial charge in [-0.25, -0.2) is 4.79 Å². The highest BCUT2D eigenvalue weighted by molar-refractivity contribution is 5.97. The van der Waals surface area contributed by atoms with Gasteiger partial charge in [0.1, 0.15) is 11.3 Å². The van der Waals surface area contributed by atoms with Gasteiger partial charge >= 0.3 is 6.09 Å². The lowest BCUT2D eigenvalue weighted by Crippen LogP contribution is -2.28. The van der Waals surface area contributed by atoms with Crippen molar-refractivity contribution in [3.05, 3.63) is 91.0 Å². The second-order valence-corrected chi connectivity index (χ2v) is 6.97. The van der Waals surface area contributed by atoms with E-state index in [-0.39, 0.29) is 6.54 Å². The Morgan fingerprint density at radius 1 is 0.933 bits per heavy atom. The number of carbonyl (C=O) groups is 1. The van der Waals surface area contributed by atoms with Gasteiger partial charge in [0.15, 0.2) is 0 Å². The lowest BCUT2D eigenvalue weighted by molar-refractivity contribution is 0.201. The molecule has 1 N–H and O–H groups in total. The number of anilines is 1. The number of hydrogen-bond acceptors (Lipinski definition) is 4. The van der Waals surface area contributed by atoms with Crippen LogP contribution < -0.4 is 4.90 Å². The Labute approximate surface area is 172 Å². The molecule has 6 heteroatoms. The molecular weight excluding hydrogens is 378 g/mol. The lowest BCUT2D eigenvalue weighted by atomic mass is 10.0. The number of furan rings is 1. The number of para-hydroxylation sites is 1. The van der Waals surface area contributed by atoms with Crippen LogP contribution in [0.5, 0.6) is 0 Å². The number of pyridine rings is 2. The van der Waals surface area contributed by atoms with Crippen molar-refractivity contribution in [2.75, 3.05) is 4.90 Å². The van der Waals surface area contributed by atoms with Gasteiger partial charge < -0.3 is 9.52 Å². The topological polar surface area (TPSA) is 79.5 Å². The van der Waals surface area contributed by atoms with Crippen LogP contribution in [-0.4, -0.2) is 21.2 Å². The Balaban J connectivity index is 1.58. The van der Waals surface area contributed by atoms with Crippen molar-refractivity contribution >= 4 is 33.5 Å². The smallest absolute Gasteiger partial charge is 0.412 e. The number of rotatable bonds is 4. The number of aromatic nitrogens is 2. The third-order valence-electron chi connectivity index (χ3n) is 5.05. The molecule has 146 valence electrons. The van der Waals surface area contributed by atoms with E-state index >= 15 is 0 Å². The molecule has 0 unspecified atom stereocenters. The Kier molecular flexibility index (Phi) is 4.37. The Morgan fingerprint density at radius 3 is 2.63 bits per heavy atom. The number of carboxylic acid groups (broad SMARTS) is 1. The summed E-state index contributed by atoms with van der Waals surface area (Å²) >= 11 is 0. The summed E-state index contributed by atoms with van der Waals surface area (Å²) in [7, 11) is 0. The standard InChI is InChI=1S/C24H17N3O3/c28-24(29)27(19-5-3-9-25-13-19)15-16-7-8-18-12-26-14-21(20(18)10-16)23-11-17-4-1-2-6-22(17)30-23/h1-14H,15H2,(H,28,29). The molecule has 0 spiro atoms. The van der Waals surface area contributed by atoms with E-state index in [0.29, 0.717) is 5.69 Å². The van der Waals surface area contributed by atoms with Crippen LogP contribution in [0.4, 0.5) is 10.5 Å². The summed E-state index contributed by atoms with van der Waals surface area (Å²) in [4.78, 5) is 21.5. The van der Waals surface area contributed by atoms with Crippen molar-refractivity contribution in [2.24, 2.45) is 0 Å². The van der Waals surface area contributed by atoms with Crippen LogP contribution in [0.3, 0.4) is 0 Å². The highest BCUT2D eigenvalue weighted by Gasteiger charge is 2.16. The predicted molar refractivity (Wildman–Crippen MR) is 115 cm³/mol. The van der Waals surface area contributed by atoms with E-state index in [2.05, 4.69) is 9.97 Å². The Morgan fingerprint density at radius 2 is 1.83 bits per heavy atom. The van der Waals surface area contributed by atoms with Gasteiger partial charge in [0, 0.05) is 34.9 Å². The molecule has 5 rings (SSSR count). The molecule has 3 aromatic heterocycles. The monoisotopic (exact) mass is 395 g/mol. The van der Waals surface area contributed by atoms with Crippen LogP contribution in [0, 0.1) is 0 Å². The molecule has 0 atom stereocenters. The molecule has 0 aliphatic rings. The fourth-order valence-corrected chi connectivity index (χ4v) is 3.59. The normalized spacial score (nSPS) is 11.1. The molecule has 1 amide bonds. The van der Waals surface area contributed by atoms with Gasteiger partial charge in [-0.1, -0.05) is 30.3 Å². The van der Waals surface area contributed by atoms with Gasteiger partial charge in [0.05, 0.1) is 18.4 Å². The molecule has 0 aliphatic heterocycles. The first kappa shape index (κ1) is 17.9.